The number of aromatic carboxylic acids is 2. The molecule has 0 heterocycles. The van der Waals surface area contributed by atoms with Gasteiger partial charge in [0, 0.05) is 4.90 Å². The highest BCUT2D eigenvalue weighted by Crippen LogP contribution is 2.29. The maximum absolute atomic E-state index is 11.4. The van der Waals surface area contributed by atoms with E-state index in [1.807, 2.05) is 0 Å². The van der Waals surface area contributed by atoms with Gasteiger partial charge in [0.15, 0.2) is 0 Å². The molecular weight excluding hydrogens is 493 g/mol. The van der Waals surface area contributed by atoms with E-state index in [4.69, 9.17) is 5.11 Å². The maximum atomic E-state index is 11.4. The normalized spacial score (nSPS) is 10.2. The molecule has 4 aromatic rings. The van der Waals surface area contributed by atoms with Crippen LogP contribution in [0.2, 0.25) is 0 Å². The summed E-state index contributed by atoms with van der Waals surface area (Å²) in [4.78, 5) is 23.8. The van der Waals surface area contributed by atoms with Crippen LogP contribution >= 0.6 is 11.8 Å². The number of carboxylic acids is 2. The van der Waals surface area contributed by atoms with Crippen molar-refractivity contribution in [2.24, 2.45) is 0 Å². The Morgan fingerprint density at radius 2 is 1.39 bits per heavy atom. The van der Waals surface area contributed by atoms with Crippen LogP contribution in [0.5, 0.6) is 5.75 Å². The lowest BCUT2D eigenvalue weighted by molar-refractivity contribution is 0.00816. The number of phenols is 1. The molecule has 0 atom stereocenters. The van der Waals surface area contributed by atoms with Gasteiger partial charge in [-0.1, -0.05) is 54.6 Å². The Balaban J connectivity index is 0.000000240. The lowest BCUT2D eigenvalue weighted by Gasteiger charge is -2.11. The smallest absolute Gasteiger partial charge is 0.379 e. The van der Waals surface area contributed by atoms with Gasteiger partial charge in [0.1, 0.15) is 5.75 Å². The van der Waals surface area contributed by atoms with E-state index >= 15 is 0 Å². The van der Waals surface area contributed by atoms with Crippen LogP contribution in [-0.2, 0) is 0 Å². The average molecular weight is 517 g/mol. The van der Waals surface area contributed by atoms with E-state index in [2.05, 4.69) is 48.7 Å². The number of thioether (sulfide) groups is 1. The molecule has 0 radical (unpaired) electrons. The molecule has 36 heavy (non-hydrogen) atoms. The Morgan fingerprint density at radius 3 is 1.94 bits per heavy atom. The Morgan fingerprint density at radius 1 is 0.806 bits per heavy atom. The third kappa shape index (κ3) is 7.51. The number of carboxylic acid groups (broad SMARTS) is 2. The van der Waals surface area contributed by atoms with Crippen molar-refractivity contribution in [3.63, 3.8) is 0 Å². The van der Waals surface area contributed by atoms with Crippen LogP contribution in [0.3, 0.4) is 0 Å². The molecule has 0 aromatic heterocycles. The van der Waals surface area contributed by atoms with Crippen molar-refractivity contribution in [3.05, 3.63) is 95.6 Å². The molecule has 3 N–H and O–H groups in total. The summed E-state index contributed by atoms with van der Waals surface area (Å²) in [5, 5.41) is 30.3. The predicted molar refractivity (Wildman–Crippen MR) is 135 cm³/mol. The second-order valence-electron chi connectivity index (χ2n) is 7.25. The van der Waals surface area contributed by atoms with Gasteiger partial charge in [-0.25, -0.2) is 9.59 Å². The average Bonchev–Trinajstić information content (AvgIpc) is 2.83. The van der Waals surface area contributed by atoms with Crippen molar-refractivity contribution < 1.29 is 38.1 Å². The van der Waals surface area contributed by atoms with Crippen LogP contribution in [0.4, 0.5) is 13.2 Å². The van der Waals surface area contributed by atoms with Crippen LogP contribution in [0.1, 0.15) is 26.3 Å². The third-order valence-electron chi connectivity index (χ3n) is 5.06. The summed E-state index contributed by atoms with van der Waals surface area (Å²) in [5.74, 6) is -2.28. The maximum Gasteiger partial charge on any atom is 0.379 e. The fourth-order valence-electron chi connectivity index (χ4n) is 3.47. The Hall–Kier alpha value is -3.98. The summed E-state index contributed by atoms with van der Waals surface area (Å²) in [6, 6.07) is 23.8. The number of rotatable bonds is 4. The molecular formula is C27H23F3O5S. The molecule has 4 aromatic carbocycles. The molecule has 188 valence electrons. The molecule has 4 rings (SSSR count). The lowest BCUT2D eigenvalue weighted by Crippen LogP contribution is -2.09. The summed E-state index contributed by atoms with van der Waals surface area (Å²) in [6.07, 6.45) is 2.11. The van der Waals surface area contributed by atoms with Gasteiger partial charge in [0.2, 0.25) is 0 Å². The molecule has 0 bridgehead atoms. The number of aromatic hydroxyl groups is 1. The van der Waals surface area contributed by atoms with Gasteiger partial charge in [-0.2, -0.15) is 13.2 Å². The third-order valence-corrected chi connectivity index (χ3v) is 5.85. The first-order valence-electron chi connectivity index (χ1n) is 10.4. The van der Waals surface area contributed by atoms with Crippen LogP contribution in [0, 0.1) is 6.92 Å². The molecule has 0 fully saturated rings. The minimum atomic E-state index is -3.67. The van der Waals surface area contributed by atoms with E-state index in [0.29, 0.717) is 11.1 Å². The largest absolute Gasteiger partial charge is 0.508 e. The summed E-state index contributed by atoms with van der Waals surface area (Å²) in [7, 11) is 0. The van der Waals surface area contributed by atoms with Crippen LogP contribution in [0.25, 0.3) is 21.9 Å². The molecule has 0 saturated carbocycles. The molecule has 0 aliphatic carbocycles. The minimum absolute atomic E-state index is 0.0371. The lowest BCUT2D eigenvalue weighted by atomic mass is 9.92. The van der Waals surface area contributed by atoms with E-state index in [-0.39, 0.29) is 22.4 Å². The summed E-state index contributed by atoms with van der Waals surface area (Å²) in [5.41, 5.74) is 1.14. The zero-order chi connectivity index (χ0) is 26.8. The Kier molecular flexibility index (Phi) is 10.4. The van der Waals surface area contributed by atoms with Gasteiger partial charge < -0.3 is 15.3 Å². The fraction of sp³-hybridized carbons (Fsp3) is 0.111. The monoisotopic (exact) mass is 516 g/mol. The highest BCUT2D eigenvalue weighted by Gasteiger charge is 2.20. The topological polar surface area (TPSA) is 94.8 Å². The number of carbonyl (C=O) groups is 2. The van der Waals surface area contributed by atoms with Crippen LogP contribution < -0.4 is 0 Å². The van der Waals surface area contributed by atoms with Gasteiger partial charge in [-0.05, 0) is 64.9 Å². The van der Waals surface area contributed by atoms with E-state index in [1.165, 1.54) is 46.9 Å². The number of halogens is 3. The minimum Gasteiger partial charge on any atom is -0.508 e. The number of benzene rings is 4. The molecule has 0 aliphatic heterocycles. The summed E-state index contributed by atoms with van der Waals surface area (Å²) >= 11 is 1.80. The quantitative estimate of drug-likeness (QED) is 0.243. The molecule has 9 heteroatoms. The van der Waals surface area contributed by atoms with E-state index in [0.717, 1.165) is 0 Å². The standard InChI is InChI=1S/C15H12O5.C11H10S.CHF3/c1-8-11(14(17)18)6-7-12(13(8)15(19)20)9-2-4-10(16)5-3-9;1-12-11-8-4-6-9-5-2-3-7-10(9)11;2-1(3)4/h2-7,16H,1H3,(H,17,18)(H,19,20);2-8H,1H3;1H. The van der Waals surface area contributed by atoms with Crippen molar-refractivity contribution in [1.82, 2.24) is 0 Å². The SMILES string of the molecule is CSc1cccc2ccccc12.Cc1c(C(=O)O)ccc(-c2ccc(O)cc2)c1C(=O)O.FC(F)F. The first kappa shape index (κ1) is 28.3. The van der Waals surface area contributed by atoms with Gasteiger partial charge in [-0.3, -0.25) is 0 Å². The van der Waals surface area contributed by atoms with E-state index < -0.39 is 18.6 Å². The predicted octanol–water partition coefficient (Wildman–Crippen LogP) is 7.50. The van der Waals surface area contributed by atoms with Gasteiger partial charge in [0.05, 0.1) is 11.1 Å². The fourth-order valence-corrected chi connectivity index (χ4v) is 4.09. The van der Waals surface area contributed by atoms with E-state index in [1.54, 1.807) is 23.9 Å². The van der Waals surface area contributed by atoms with Crippen molar-refractivity contribution >= 4 is 34.5 Å². The molecule has 5 nitrogen and oxygen atoms in total. The molecule has 0 amide bonds. The van der Waals surface area contributed by atoms with Gasteiger partial charge in [-0.15, -0.1) is 11.8 Å². The second-order valence-corrected chi connectivity index (χ2v) is 8.09. The second kappa shape index (κ2) is 13.2. The van der Waals surface area contributed by atoms with Crippen molar-refractivity contribution in [3.8, 4) is 16.9 Å². The zero-order valence-corrected chi connectivity index (χ0v) is 20.1. The summed E-state index contributed by atoms with van der Waals surface area (Å²) < 4.78 is 29.0. The first-order valence-corrected chi connectivity index (χ1v) is 11.6. The van der Waals surface area contributed by atoms with Gasteiger partial charge >= 0.3 is 18.6 Å². The van der Waals surface area contributed by atoms with E-state index in [9.17, 15) is 33.0 Å². The number of fused-ring (bicyclic) bond motifs is 1. The number of alkyl halides is 3. The Labute approximate surface area is 209 Å². The molecule has 0 unspecified atom stereocenters. The first-order chi connectivity index (χ1) is 17.1. The van der Waals surface area contributed by atoms with Crippen molar-refractivity contribution in [1.29, 1.82) is 0 Å². The van der Waals surface area contributed by atoms with Crippen LogP contribution in [0.15, 0.2) is 83.8 Å². The van der Waals surface area contributed by atoms with Crippen molar-refractivity contribution in [2.45, 2.75) is 18.5 Å². The summed E-state index contributed by atoms with van der Waals surface area (Å²) in [6.45, 7) is -2.20. The zero-order valence-electron chi connectivity index (χ0n) is 19.3. The number of hydrogen-bond donors (Lipinski definition) is 3. The highest BCUT2D eigenvalue weighted by molar-refractivity contribution is 7.98. The molecule has 0 aliphatic rings. The van der Waals surface area contributed by atoms with Crippen molar-refractivity contribution in [2.75, 3.05) is 6.26 Å². The van der Waals surface area contributed by atoms with Crippen LogP contribution in [-0.4, -0.2) is 40.2 Å². The van der Waals surface area contributed by atoms with Gasteiger partial charge in [0.25, 0.3) is 0 Å². The highest BCUT2D eigenvalue weighted by atomic mass is 32.2. The number of hydrogen-bond acceptors (Lipinski definition) is 4. The Bertz CT molecular complexity index is 1330. The number of phenolic OH excluding ortho intramolecular Hbond substituents is 1. The molecule has 0 saturated heterocycles. The molecule has 0 spiro atoms.